The molecule has 0 bridgehead atoms. The molecule has 1 atom stereocenters. The maximum atomic E-state index is 5.81. The number of hydrogen-bond acceptors (Lipinski definition) is 5. The zero-order valence-corrected chi connectivity index (χ0v) is 13.2. The first-order valence-electron chi connectivity index (χ1n) is 7.13. The molecule has 21 heavy (non-hydrogen) atoms. The molecule has 0 aliphatic rings. The molecule has 5 nitrogen and oxygen atoms in total. The van der Waals surface area contributed by atoms with Crippen LogP contribution in [0.4, 0.5) is 0 Å². The number of rotatable bonds is 5. The lowest BCUT2D eigenvalue weighted by atomic mass is 9.96. The predicted octanol–water partition coefficient (Wildman–Crippen LogP) is 3.91. The Bertz CT molecular complexity index is 570. The van der Waals surface area contributed by atoms with Gasteiger partial charge < -0.3 is 14.0 Å². The van der Waals surface area contributed by atoms with Crippen molar-refractivity contribution in [1.82, 2.24) is 10.1 Å². The van der Waals surface area contributed by atoms with Gasteiger partial charge in [0.25, 0.3) is 5.89 Å². The summed E-state index contributed by atoms with van der Waals surface area (Å²) in [5.41, 5.74) is -0.138. The van der Waals surface area contributed by atoms with Crippen LogP contribution in [0.15, 0.2) is 28.8 Å². The van der Waals surface area contributed by atoms with Crippen LogP contribution in [0, 0.1) is 0 Å². The largest absolute Gasteiger partial charge is 0.494 e. The van der Waals surface area contributed by atoms with Crippen LogP contribution >= 0.6 is 0 Å². The Balaban J connectivity index is 2.03. The SMILES string of the molecule is CCOc1ccc(OC(C)c2nc(C(C)(C)C)no2)cc1. The first-order valence-corrected chi connectivity index (χ1v) is 7.13. The third-order valence-electron chi connectivity index (χ3n) is 2.91. The van der Waals surface area contributed by atoms with E-state index in [9.17, 15) is 0 Å². The lowest BCUT2D eigenvalue weighted by molar-refractivity contribution is 0.175. The van der Waals surface area contributed by atoms with E-state index in [1.165, 1.54) is 0 Å². The van der Waals surface area contributed by atoms with Crippen LogP contribution in [0.2, 0.25) is 0 Å². The van der Waals surface area contributed by atoms with Gasteiger partial charge in [-0.15, -0.1) is 0 Å². The Morgan fingerprint density at radius 3 is 2.29 bits per heavy atom. The van der Waals surface area contributed by atoms with Gasteiger partial charge in [-0.3, -0.25) is 0 Å². The van der Waals surface area contributed by atoms with Gasteiger partial charge >= 0.3 is 0 Å². The fraction of sp³-hybridized carbons (Fsp3) is 0.500. The third-order valence-corrected chi connectivity index (χ3v) is 2.91. The van der Waals surface area contributed by atoms with Gasteiger partial charge in [-0.2, -0.15) is 4.98 Å². The summed E-state index contributed by atoms with van der Waals surface area (Å²) < 4.78 is 16.5. The molecule has 0 aliphatic heterocycles. The highest BCUT2D eigenvalue weighted by Crippen LogP contribution is 2.25. The summed E-state index contributed by atoms with van der Waals surface area (Å²) in [6.07, 6.45) is -0.299. The summed E-state index contributed by atoms with van der Waals surface area (Å²) in [6, 6.07) is 7.48. The number of ether oxygens (including phenoxy) is 2. The molecule has 0 aliphatic carbocycles. The van der Waals surface area contributed by atoms with Crippen LogP contribution in [0.1, 0.15) is 52.4 Å². The van der Waals surface area contributed by atoms with E-state index in [-0.39, 0.29) is 11.5 Å². The molecule has 114 valence electrons. The average Bonchev–Trinajstić information content (AvgIpc) is 2.91. The van der Waals surface area contributed by atoms with E-state index in [1.54, 1.807) is 0 Å². The van der Waals surface area contributed by atoms with Crippen LogP contribution in [-0.2, 0) is 5.41 Å². The van der Waals surface area contributed by atoms with Gasteiger partial charge in [0.05, 0.1) is 6.61 Å². The van der Waals surface area contributed by atoms with E-state index in [0.717, 1.165) is 11.5 Å². The molecule has 1 heterocycles. The van der Waals surface area contributed by atoms with Gasteiger partial charge in [-0.1, -0.05) is 25.9 Å². The van der Waals surface area contributed by atoms with E-state index in [4.69, 9.17) is 14.0 Å². The number of benzene rings is 1. The lowest BCUT2D eigenvalue weighted by Crippen LogP contribution is -2.13. The van der Waals surface area contributed by atoms with Crippen molar-refractivity contribution in [2.24, 2.45) is 0 Å². The van der Waals surface area contributed by atoms with Crippen molar-refractivity contribution in [3.8, 4) is 11.5 Å². The molecule has 0 saturated heterocycles. The van der Waals surface area contributed by atoms with E-state index in [2.05, 4.69) is 10.1 Å². The summed E-state index contributed by atoms with van der Waals surface area (Å²) in [7, 11) is 0. The van der Waals surface area contributed by atoms with Crippen LogP contribution in [0.25, 0.3) is 0 Å². The molecule has 0 spiro atoms. The molecular formula is C16H22N2O3. The Kier molecular flexibility index (Phi) is 4.50. The second-order valence-corrected chi connectivity index (χ2v) is 5.87. The minimum absolute atomic E-state index is 0.138. The van der Waals surface area contributed by atoms with Crippen molar-refractivity contribution in [3.63, 3.8) is 0 Å². The Morgan fingerprint density at radius 2 is 1.76 bits per heavy atom. The minimum atomic E-state index is -0.299. The normalized spacial score (nSPS) is 13.0. The minimum Gasteiger partial charge on any atom is -0.494 e. The maximum absolute atomic E-state index is 5.81. The molecule has 0 fully saturated rings. The summed E-state index contributed by atoms with van der Waals surface area (Å²) >= 11 is 0. The quantitative estimate of drug-likeness (QED) is 0.835. The van der Waals surface area contributed by atoms with E-state index in [0.29, 0.717) is 18.3 Å². The highest BCUT2D eigenvalue weighted by atomic mass is 16.5. The zero-order valence-electron chi connectivity index (χ0n) is 13.2. The maximum Gasteiger partial charge on any atom is 0.267 e. The molecule has 2 aromatic rings. The van der Waals surface area contributed by atoms with Crippen LogP contribution < -0.4 is 9.47 Å². The smallest absolute Gasteiger partial charge is 0.267 e. The molecule has 5 heteroatoms. The summed E-state index contributed by atoms with van der Waals surface area (Å²) in [5.74, 6) is 2.72. The van der Waals surface area contributed by atoms with Crippen LogP contribution in [0.3, 0.4) is 0 Å². The Hall–Kier alpha value is -2.04. The molecule has 0 radical (unpaired) electrons. The topological polar surface area (TPSA) is 57.4 Å². The Morgan fingerprint density at radius 1 is 1.14 bits per heavy atom. The predicted molar refractivity (Wildman–Crippen MR) is 79.7 cm³/mol. The molecule has 2 rings (SSSR count). The monoisotopic (exact) mass is 290 g/mol. The number of aromatic nitrogens is 2. The van der Waals surface area contributed by atoms with Gasteiger partial charge in [-0.25, -0.2) is 0 Å². The second-order valence-electron chi connectivity index (χ2n) is 5.87. The molecule has 0 amide bonds. The van der Waals surface area contributed by atoms with Crippen molar-refractivity contribution < 1.29 is 14.0 Å². The highest BCUT2D eigenvalue weighted by Gasteiger charge is 2.23. The zero-order chi connectivity index (χ0) is 15.5. The second kappa shape index (κ2) is 6.16. The van der Waals surface area contributed by atoms with E-state index < -0.39 is 0 Å². The van der Waals surface area contributed by atoms with Gasteiger partial charge in [0, 0.05) is 5.41 Å². The average molecular weight is 290 g/mol. The molecule has 1 aromatic heterocycles. The fourth-order valence-corrected chi connectivity index (χ4v) is 1.74. The first-order chi connectivity index (χ1) is 9.90. The molecule has 1 aromatic carbocycles. The van der Waals surface area contributed by atoms with Gasteiger partial charge in [0.15, 0.2) is 11.9 Å². The van der Waals surface area contributed by atoms with Gasteiger partial charge in [0.2, 0.25) is 0 Å². The first kappa shape index (κ1) is 15.4. The van der Waals surface area contributed by atoms with Crippen molar-refractivity contribution in [2.45, 2.75) is 46.1 Å². The molecule has 0 N–H and O–H groups in total. The van der Waals surface area contributed by atoms with Crippen molar-refractivity contribution in [1.29, 1.82) is 0 Å². The van der Waals surface area contributed by atoms with Gasteiger partial charge in [-0.05, 0) is 38.1 Å². The highest BCUT2D eigenvalue weighted by molar-refractivity contribution is 5.31. The van der Waals surface area contributed by atoms with Crippen molar-refractivity contribution in [3.05, 3.63) is 36.0 Å². The number of nitrogens with zero attached hydrogens (tertiary/aromatic N) is 2. The standard InChI is InChI=1S/C16H22N2O3/c1-6-19-12-7-9-13(10-8-12)20-11(2)14-17-15(18-21-14)16(3,4)5/h7-11H,6H2,1-5H3. The summed E-state index contributed by atoms with van der Waals surface area (Å²) in [4.78, 5) is 4.40. The van der Waals surface area contributed by atoms with E-state index >= 15 is 0 Å². The molecule has 0 saturated carbocycles. The summed E-state index contributed by atoms with van der Waals surface area (Å²) in [5, 5.41) is 4.00. The van der Waals surface area contributed by atoms with Crippen LogP contribution in [-0.4, -0.2) is 16.7 Å². The molecule has 1 unspecified atom stereocenters. The lowest BCUT2D eigenvalue weighted by Gasteiger charge is -2.12. The van der Waals surface area contributed by atoms with Crippen molar-refractivity contribution in [2.75, 3.05) is 6.61 Å². The fourth-order valence-electron chi connectivity index (χ4n) is 1.74. The third kappa shape index (κ3) is 3.97. The number of hydrogen-bond donors (Lipinski definition) is 0. The van der Waals surface area contributed by atoms with E-state index in [1.807, 2.05) is 58.9 Å². The van der Waals surface area contributed by atoms with Crippen molar-refractivity contribution >= 4 is 0 Å². The molecular weight excluding hydrogens is 268 g/mol. The Labute approximate surface area is 125 Å². The van der Waals surface area contributed by atoms with Gasteiger partial charge in [0.1, 0.15) is 11.5 Å². The van der Waals surface area contributed by atoms with Crippen LogP contribution in [0.5, 0.6) is 11.5 Å². The summed E-state index contributed by atoms with van der Waals surface area (Å²) in [6.45, 7) is 10.6.